The van der Waals surface area contributed by atoms with Crippen LogP contribution in [0.1, 0.15) is 54.4 Å². The Morgan fingerprint density at radius 1 is 1.21 bits per heavy atom. The molecule has 0 aliphatic heterocycles. The van der Waals surface area contributed by atoms with Crippen molar-refractivity contribution in [2.75, 3.05) is 0 Å². The van der Waals surface area contributed by atoms with Crippen LogP contribution >= 0.6 is 0 Å². The van der Waals surface area contributed by atoms with Crippen LogP contribution in [0.5, 0.6) is 0 Å². The summed E-state index contributed by atoms with van der Waals surface area (Å²) in [6.45, 7) is 1.68. The predicted octanol–water partition coefficient (Wildman–Crippen LogP) is 4.06. The van der Waals surface area contributed by atoms with Crippen molar-refractivity contribution in [3.8, 4) is 0 Å². The van der Waals surface area contributed by atoms with E-state index in [9.17, 15) is 14.9 Å². The van der Waals surface area contributed by atoms with Gasteiger partial charge in [0.2, 0.25) is 0 Å². The first-order valence-electron chi connectivity index (χ1n) is 6.89. The highest BCUT2D eigenvalue weighted by molar-refractivity contribution is 5.98. The minimum absolute atomic E-state index is 0.0809. The molecule has 102 valence electrons. The molecule has 0 spiro atoms. The number of rotatable bonds is 3. The molecule has 2 rings (SSSR count). The summed E-state index contributed by atoms with van der Waals surface area (Å²) in [5.41, 5.74) is 1.26. The Hall–Kier alpha value is -1.71. The first kappa shape index (κ1) is 13.7. The van der Waals surface area contributed by atoms with Crippen molar-refractivity contribution in [2.24, 2.45) is 5.92 Å². The van der Waals surface area contributed by atoms with Crippen molar-refractivity contribution < 1.29 is 9.72 Å². The summed E-state index contributed by atoms with van der Waals surface area (Å²) in [7, 11) is 0. The second kappa shape index (κ2) is 5.95. The summed E-state index contributed by atoms with van der Waals surface area (Å²) in [6, 6.07) is 4.70. The van der Waals surface area contributed by atoms with Gasteiger partial charge in [-0.05, 0) is 31.9 Å². The highest BCUT2D eigenvalue weighted by Crippen LogP contribution is 2.27. The zero-order valence-electron chi connectivity index (χ0n) is 11.2. The van der Waals surface area contributed by atoms with Crippen LogP contribution in [0.25, 0.3) is 0 Å². The van der Waals surface area contributed by atoms with E-state index in [-0.39, 0.29) is 17.4 Å². The van der Waals surface area contributed by atoms with Gasteiger partial charge in [-0.2, -0.15) is 0 Å². The third-order valence-electron chi connectivity index (χ3n) is 3.90. The summed E-state index contributed by atoms with van der Waals surface area (Å²) >= 11 is 0. The van der Waals surface area contributed by atoms with Gasteiger partial charge in [-0.1, -0.05) is 25.7 Å². The van der Waals surface area contributed by atoms with E-state index in [0.29, 0.717) is 11.1 Å². The maximum atomic E-state index is 12.4. The van der Waals surface area contributed by atoms with Gasteiger partial charge in [0.05, 0.1) is 4.92 Å². The van der Waals surface area contributed by atoms with E-state index < -0.39 is 4.92 Å². The molecule has 0 atom stereocenters. The lowest BCUT2D eigenvalue weighted by Crippen LogP contribution is -2.14. The van der Waals surface area contributed by atoms with E-state index >= 15 is 0 Å². The number of ketones is 1. The molecule has 1 aliphatic carbocycles. The monoisotopic (exact) mass is 261 g/mol. The molecule has 0 heterocycles. The van der Waals surface area contributed by atoms with Gasteiger partial charge in [0.25, 0.3) is 5.69 Å². The van der Waals surface area contributed by atoms with Crippen LogP contribution in [0.15, 0.2) is 18.2 Å². The van der Waals surface area contributed by atoms with Gasteiger partial charge in [-0.15, -0.1) is 0 Å². The van der Waals surface area contributed by atoms with Gasteiger partial charge in [0.15, 0.2) is 5.78 Å². The fourth-order valence-corrected chi connectivity index (χ4v) is 2.79. The largest absolute Gasteiger partial charge is 0.294 e. The number of hydrogen-bond donors (Lipinski definition) is 0. The molecule has 1 saturated carbocycles. The lowest BCUT2D eigenvalue weighted by Gasteiger charge is -2.13. The number of carbonyl (C=O) groups excluding carboxylic acids is 1. The molecule has 0 saturated heterocycles. The molecular formula is C15H19NO3. The van der Waals surface area contributed by atoms with Crippen molar-refractivity contribution in [1.82, 2.24) is 0 Å². The second-order valence-electron chi connectivity index (χ2n) is 5.31. The quantitative estimate of drug-likeness (QED) is 0.357. The van der Waals surface area contributed by atoms with E-state index in [1.54, 1.807) is 19.1 Å². The van der Waals surface area contributed by atoms with Gasteiger partial charge in [0, 0.05) is 23.1 Å². The Morgan fingerprint density at radius 2 is 1.84 bits per heavy atom. The number of nitro benzene ring substituents is 1. The SMILES string of the molecule is Cc1cc(C(=O)C2CCCCCC2)ccc1[N+](=O)[O-]. The van der Waals surface area contributed by atoms with Crippen molar-refractivity contribution in [1.29, 1.82) is 0 Å². The van der Waals surface area contributed by atoms with E-state index in [4.69, 9.17) is 0 Å². The van der Waals surface area contributed by atoms with Crippen LogP contribution in [-0.2, 0) is 0 Å². The molecule has 1 fully saturated rings. The number of aryl methyl sites for hydroxylation is 1. The van der Waals surface area contributed by atoms with Crippen LogP contribution in [0.4, 0.5) is 5.69 Å². The molecule has 19 heavy (non-hydrogen) atoms. The van der Waals surface area contributed by atoms with Gasteiger partial charge >= 0.3 is 0 Å². The summed E-state index contributed by atoms with van der Waals surface area (Å²) in [5, 5.41) is 10.8. The maximum Gasteiger partial charge on any atom is 0.272 e. The lowest BCUT2D eigenvalue weighted by atomic mass is 9.90. The zero-order valence-corrected chi connectivity index (χ0v) is 11.2. The highest BCUT2D eigenvalue weighted by atomic mass is 16.6. The van der Waals surface area contributed by atoms with Crippen LogP contribution in [0.3, 0.4) is 0 Å². The van der Waals surface area contributed by atoms with E-state index in [2.05, 4.69) is 0 Å². The van der Waals surface area contributed by atoms with Crippen molar-refractivity contribution in [3.63, 3.8) is 0 Å². The Labute approximate surface area is 113 Å². The fraction of sp³-hybridized carbons (Fsp3) is 0.533. The normalized spacial score (nSPS) is 16.9. The molecule has 0 amide bonds. The predicted molar refractivity (Wildman–Crippen MR) is 73.4 cm³/mol. The third-order valence-corrected chi connectivity index (χ3v) is 3.90. The van der Waals surface area contributed by atoms with Gasteiger partial charge in [-0.25, -0.2) is 0 Å². The van der Waals surface area contributed by atoms with Crippen LogP contribution in [-0.4, -0.2) is 10.7 Å². The number of nitro groups is 1. The summed E-state index contributed by atoms with van der Waals surface area (Å²) < 4.78 is 0. The molecule has 4 nitrogen and oxygen atoms in total. The maximum absolute atomic E-state index is 12.4. The molecular weight excluding hydrogens is 242 g/mol. The first-order chi connectivity index (χ1) is 9.09. The molecule has 1 aromatic rings. The first-order valence-corrected chi connectivity index (χ1v) is 6.89. The third kappa shape index (κ3) is 3.19. The minimum Gasteiger partial charge on any atom is -0.294 e. The number of nitrogens with zero attached hydrogens (tertiary/aromatic N) is 1. The van der Waals surface area contributed by atoms with Crippen molar-refractivity contribution in [2.45, 2.75) is 45.4 Å². The van der Waals surface area contributed by atoms with Crippen LogP contribution in [0, 0.1) is 23.0 Å². The Kier molecular flexibility index (Phi) is 4.30. The molecule has 0 aromatic heterocycles. The highest BCUT2D eigenvalue weighted by Gasteiger charge is 2.22. The summed E-state index contributed by atoms with van der Waals surface area (Å²) in [5.74, 6) is 0.253. The number of Topliss-reactive ketones (excluding diaryl/α,β-unsaturated/α-hetero) is 1. The van der Waals surface area contributed by atoms with Crippen molar-refractivity contribution >= 4 is 11.5 Å². The van der Waals surface area contributed by atoms with Crippen molar-refractivity contribution in [3.05, 3.63) is 39.4 Å². The Balaban J connectivity index is 2.19. The fourth-order valence-electron chi connectivity index (χ4n) is 2.79. The molecule has 0 unspecified atom stereocenters. The number of hydrogen-bond acceptors (Lipinski definition) is 3. The Bertz CT molecular complexity index is 488. The Morgan fingerprint density at radius 3 is 2.37 bits per heavy atom. The smallest absolute Gasteiger partial charge is 0.272 e. The van der Waals surface area contributed by atoms with E-state index in [1.165, 1.54) is 18.9 Å². The molecule has 1 aromatic carbocycles. The minimum atomic E-state index is -0.408. The average Bonchev–Trinajstić information content (AvgIpc) is 2.66. The zero-order chi connectivity index (χ0) is 13.8. The lowest BCUT2D eigenvalue weighted by molar-refractivity contribution is -0.385. The van der Waals surface area contributed by atoms with Gasteiger partial charge in [0.1, 0.15) is 0 Å². The molecule has 1 aliphatic rings. The second-order valence-corrected chi connectivity index (χ2v) is 5.31. The summed E-state index contributed by atoms with van der Waals surface area (Å²) in [4.78, 5) is 22.8. The molecule has 0 radical (unpaired) electrons. The van der Waals surface area contributed by atoms with Crippen LogP contribution < -0.4 is 0 Å². The summed E-state index contributed by atoms with van der Waals surface area (Å²) in [6.07, 6.45) is 6.56. The standard InChI is InChI=1S/C15H19NO3/c1-11-10-13(8-9-14(11)16(18)19)15(17)12-6-4-2-3-5-7-12/h8-10,12H,2-7H2,1H3. The number of carbonyl (C=O) groups is 1. The molecule has 0 N–H and O–H groups in total. The average molecular weight is 261 g/mol. The van der Waals surface area contributed by atoms with E-state index in [1.807, 2.05) is 0 Å². The molecule has 0 bridgehead atoms. The number of benzene rings is 1. The molecule has 4 heteroatoms. The van der Waals surface area contributed by atoms with E-state index in [0.717, 1.165) is 25.7 Å². The van der Waals surface area contributed by atoms with Crippen LogP contribution in [0.2, 0.25) is 0 Å². The van der Waals surface area contributed by atoms with Gasteiger partial charge in [-0.3, -0.25) is 14.9 Å². The topological polar surface area (TPSA) is 60.2 Å². The van der Waals surface area contributed by atoms with Gasteiger partial charge < -0.3 is 0 Å².